The van der Waals surface area contributed by atoms with Gasteiger partial charge < -0.3 is 10.2 Å². The predicted molar refractivity (Wildman–Crippen MR) is 67.5 cm³/mol. The lowest BCUT2D eigenvalue weighted by molar-refractivity contribution is -0.153. The Balaban J connectivity index is 2.10. The van der Waals surface area contributed by atoms with Gasteiger partial charge in [0.2, 0.25) is 0 Å². The first-order valence-corrected chi connectivity index (χ1v) is 7.13. The van der Waals surface area contributed by atoms with Gasteiger partial charge in [0, 0.05) is 0 Å². The Morgan fingerprint density at radius 1 is 1.00 bits per heavy atom. The largest absolute Gasteiger partial charge is 0.390 e. The number of hydrogen-bond acceptors (Lipinski definition) is 2. The molecule has 0 heterocycles. The van der Waals surface area contributed by atoms with E-state index in [1.54, 1.807) is 0 Å². The molecule has 0 aromatic rings. The molecular weight excluding hydrogens is 212 g/mol. The molecule has 2 bridgehead atoms. The van der Waals surface area contributed by atoms with Crippen LogP contribution < -0.4 is 0 Å². The summed E-state index contributed by atoms with van der Waals surface area (Å²) in [6.07, 6.45) is 3.98. The van der Waals surface area contributed by atoms with Gasteiger partial charge in [0.15, 0.2) is 0 Å². The molecule has 0 saturated heterocycles. The molecular formula is C15H26O2. The molecule has 0 aromatic carbocycles. The standard InChI is InChI=1S/C15H26O2/c1-9-5-6-10-13(2,3)11-7-15(9,10)8-12(16)14(11,4)17/h9-12,16-17H,5-8H2,1-4H3. The van der Waals surface area contributed by atoms with Gasteiger partial charge in [-0.05, 0) is 61.2 Å². The molecule has 3 fully saturated rings. The van der Waals surface area contributed by atoms with Crippen LogP contribution in [0.2, 0.25) is 0 Å². The van der Waals surface area contributed by atoms with Crippen molar-refractivity contribution in [1.29, 1.82) is 0 Å². The third-order valence-corrected chi connectivity index (χ3v) is 6.90. The van der Waals surface area contributed by atoms with Crippen molar-refractivity contribution in [3.05, 3.63) is 0 Å². The average Bonchev–Trinajstić information content (AvgIpc) is 2.61. The minimum absolute atomic E-state index is 0.172. The van der Waals surface area contributed by atoms with E-state index in [9.17, 15) is 10.2 Å². The SMILES string of the molecule is CC1CCC2C(C)(C)C3CC12CC(O)C3(C)O. The smallest absolute Gasteiger partial charge is 0.0911 e. The van der Waals surface area contributed by atoms with Crippen LogP contribution in [0.1, 0.15) is 53.4 Å². The van der Waals surface area contributed by atoms with Crippen molar-refractivity contribution >= 4 is 0 Å². The molecule has 3 rings (SSSR count). The highest BCUT2D eigenvalue weighted by atomic mass is 16.3. The van der Waals surface area contributed by atoms with Gasteiger partial charge >= 0.3 is 0 Å². The fourth-order valence-electron chi connectivity index (χ4n) is 5.86. The van der Waals surface area contributed by atoms with Crippen molar-refractivity contribution in [2.75, 3.05) is 0 Å². The Bertz CT molecular complexity index is 347. The molecule has 3 aliphatic carbocycles. The molecule has 0 aromatic heterocycles. The molecule has 1 spiro atoms. The quantitative estimate of drug-likeness (QED) is 0.681. The zero-order chi connectivity index (χ0) is 12.6. The maximum atomic E-state index is 10.7. The predicted octanol–water partition coefficient (Wildman–Crippen LogP) is 2.58. The van der Waals surface area contributed by atoms with Gasteiger partial charge in [0.1, 0.15) is 0 Å². The van der Waals surface area contributed by atoms with E-state index in [1.807, 2.05) is 6.92 Å². The normalized spacial score (nSPS) is 60.4. The number of aliphatic hydroxyl groups is 2. The molecule has 3 saturated carbocycles. The molecule has 0 aliphatic heterocycles. The summed E-state index contributed by atoms with van der Waals surface area (Å²) in [7, 11) is 0. The highest BCUT2D eigenvalue weighted by molar-refractivity contribution is 5.19. The topological polar surface area (TPSA) is 40.5 Å². The van der Waals surface area contributed by atoms with Gasteiger partial charge in [0.25, 0.3) is 0 Å². The van der Waals surface area contributed by atoms with E-state index in [0.717, 1.165) is 12.8 Å². The lowest BCUT2D eigenvalue weighted by Crippen LogP contribution is -2.53. The number of hydrogen-bond donors (Lipinski definition) is 2. The van der Waals surface area contributed by atoms with Crippen LogP contribution in [-0.4, -0.2) is 21.9 Å². The molecule has 2 heteroatoms. The summed E-state index contributed by atoms with van der Waals surface area (Å²) in [4.78, 5) is 0. The molecule has 0 amide bonds. The van der Waals surface area contributed by atoms with Gasteiger partial charge in [-0.2, -0.15) is 0 Å². The van der Waals surface area contributed by atoms with Crippen molar-refractivity contribution in [3.63, 3.8) is 0 Å². The maximum absolute atomic E-state index is 10.7. The highest BCUT2D eigenvalue weighted by Gasteiger charge is 2.70. The van der Waals surface area contributed by atoms with Crippen LogP contribution in [0.15, 0.2) is 0 Å². The van der Waals surface area contributed by atoms with Crippen molar-refractivity contribution in [1.82, 2.24) is 0 Å². The Kier molecular flexibility index (Phi) is 2.17. The van der Waals surface area contributed by atoms with Gasteiger partial charge in [-0.15, -0.1) is 0 Å². The third kappa shape index (κ3) is 1.19. The van der Waals surface area contributed by atoms with E-state index in [4.69, 9.17) is 0 Å². The minimum atomic E-state index is -0.890. The summed E-state index contributed by atoms with van der Waals surface area (Å²) < 4.78 is 0. The minimum Gasteiger partial charge on any atom is -0.390 e. The number of fused-ring (bicyclic) bond motifs is 1. The highest BCUT2D eigenvalue weighted by Crippen LogP contribution is 2.73. The summed E-state index contributed by atoms with van der Waals surface area (Å²) >= 11 is 0. The Labute approximate surface area is 104 Å². The summed E-state index contributed by atoms with van der Waals surface area (Å²) in [6.45, 7) is 8.83. The van der Waals surface area contributed by atoms with Gasteiger partial charge in [-0.3, -0.25) is 0 Å². The molecule has 17 heavy (non-hydrogen) atoms. The summed E-state index contributed by atoms with van der Waals surface area (Å²) in [5.74, 6) is 1.66. The van der Waals surface area contributed by atoms with Gasteiger partial charge in [-0.1, -0.05) is 20.8 Å². The zero-order valence-electron chi connectivity index (χ0n) is 11.5. The summed E-state index contributed by atoms with van der Waals surface area (Å²) in [5.41, 5.74) is -0.402. The van der Waals surface area contributed by atoms with E-state index < -0.39 is 11.7 Å². The summed E-state index contributed by atoms with van der Waals surface area (Å²) in [5, 5.41) is 21.0. The fraction of sp³-hybridized carbons (Fsp3) is 1.00. The number of aliphatic hydroxyl groups excluding tert-OH is 1. The van der Waals surface area contributed by atoms with Crippen LogP contribution >= 0.6 is 0 Å². The van der Waals surface area contributed by atoms with E-state index in [0.29, 0.717) is 17.3 Å². The van der Waals surface area contributed by atoms with Crippen LogP contribution in [0.5, 0.6) is 0 Å². The average molecular weight is 238 g/mol. The molecule has 6 atom stereocenters. The molecule has 6 unspecified atom stereocenters. The summed E-state index contributed by atoms with van der Waals surface area (Å²) in [6, 6.07) is 0. The van der Waals surface area contributed by atoms with Crippen LogP contribution in [0.25, 0.3) is 0 Å². The number of rotatable bonds is 0. The Morgan fingerprint density at radius 3 is 2.29 bits per heavy atom. The van der Waals surface area contributed by atoms with Crippen molar-refractivity contribution in [2.24, 2.45) is 28.6 Å². The molecule has 98 valence electrons. The van der Waals surface area contributed by atoms with Gasteiger partial charge in [-0.25, -0.2) is 0 Å². The van der Waals surface area contributed by atoms with Crippen LogP contribution in [-0.2, 0) is 0 Å². The van der Waals surface area contributed by atoms with Crippen molar-refractivity contribution in [2.45, 2.75) is 65.1 Å². The molecule has 0 radical (unpaired) electrons. The second kappa shape index (κ2) is 3.08. The lowest BCUT2D eigenvalue weighted by atomic mass is 9.63. The Morgan fingerprint density at radius 2 is 1.65 bits per heavy atom. The van der Waals surface area contributed by atoms with E-state index >= 15 is 0 Å². The molecule has 3 aliphatic rings. The zero-order valence-corrected chi connectivity index (χ0v) is 11.5. The second-order valence-electron chi connectivity index (χ2n) is 7.79. The lowest BCUT2D eigenvalue weighted by Gasteiger charge is -2.47. The monoisotopic (exact) mass is 238 g/mol. The van der Waals surface area contributed by atoms with Crippen LogP contribution in [0.4, 0.5) is 0 Å². The van der Waals surface area contributed by atoms with E-state index in [-0.39, 0.29) is 11.3 Å². The first kappa shape index (κ1) is 12.0. The first-order valence-electron chi connectivity index (χ1n) is 7.13. The maximum Gasteiger partial charge on any atom is 0.0911 e. The molecule has 2 nitrogen and oxygen atoms in total. The fourth-order valence-corrected chi connectivity index (χ4v) is 5.86. The van der Waals surface area contributed by atoms with Gasteiger partial charge in [0.05, 0.1) is 11.7 Å². The second-order valence-corrected chi connectivity index (χ2v) is 7.79. The van der Waals surface area contributed by atoms with E-state index in [1.165, 1.54) is 12.8 Å². The van der Waals surface area contributed by atoms with Crippen molar-refractivity contribution < 1.29 is 10.2 Å². The Hall–Kier alpha value is -0.0800. The van der Waals surface area contributed by atoms with Crippen LogP contribution in [0.3, 0.4) is 0 Å². The first-order chi connectivity index (χ1) is 7.73. The van der Waals surface area contributed by atoms with Crippen LogP contribution in [0, 0.1) is 28.6 Å². The third-order valence-electron chi connectivity index (χ3n) is 6.90. The molecule has 2 N–H and O–H groups in total. The van der Waals surface area contributed by atoms with E-state index in [2.05, 4.69) is 20.8 Å². The van der Waals surface area contributed by atoms with Crippen molar-refractivity contribution in [3.8, 4) is 0 Å².